The van der Waals surface area contributed by atoms with Crippen LogP contribution in [0.25, 0.3) is 5.69 Å². The Morgan fingerprint density at radius 1 is 1.18 bits per heavy atom. The van der Waals surface area contributed by atoms with E-state index in [-0.39, 0.29) is 5.43 Å². The number of nitrogens with one attached hydrogen (secondary N) is 1. The Hall–Kier alpha value is -1.94. The summed E-state index contributed by atoms with van der Waals surface area (Å²) in [5.41, 5.74) is 3.75. The van der Waals surface area contributed by atoms with Crippen LogP contribution in [0, 0.1) is 6.92 Å². The number of unbranched alkanes of at least 4 members (excludes halogenated alkanes) is 1. The van der Waals surface area contributed by atoms with E-state index in [4.69, 9.17) is 0 Å². The molecule has 0 saturated carbocycles. The molecule has 0 spiro atoms. The summed E-state index contributed by atoms with van der Waals surface area (Å²) in [5.74, 6) is 0. The van der Waals surface area contributed by atoms with Gasteiger partial charge in [-0.1, -0.05) is 32.4 Å². The van der Waals surface area contributed by atoms with Crippen LogP contribution in [0.2, 0.25) is 0 Å². The van der Waals surface area contributed by atoms with Gasteiger partial charge in [0.1, 0.15) is 5.69 Å². The Kier molecular flexibility index (Phi) is 5.90. The molecule has 0 amide bonds. The smallest absolute Gasteiger partial charge is 0.204 e. The van der Waals surface area contributed by atoms with E-state index in [0.717, 1.165) is 24.3 Å². The van der Waals surface area contributed by atoms with Gasteiger partial charge in [0.15, 0.2) is 0 Å². The molecule has 0 aliphatic rings. The first-order valence-electron chi connectivity index (χ1n) is 8.05. The highest BCUT2D eigenvalue weighted by Crippen LogP contribution is 2.12. The molecule has 0 atom stereocenters. The molecule has 2 rings (SSSR count). The second-order valence-corrected chi connectivity index (χ2v) is 5.56. The average molecular weight is 299 g/mol. The van der Waals surface area contributed by atoms with E-state index in [9.17, 15) is 4.79 Å². The molecule has 0 bridgehead atoms. The first kappa shape index (κ1) is 16.4. The lowest BCUT2D eigenvalue weighted by atomic mass is 10.1. The Labute approximate surface area is 132 Å². The van der Waals surface area contributed by atoms with Crippen molar-refractivity contribution in [2.24, 2.45) is 0 Å². The second-order valence-electron chi connectivity index (χ2n) is 5.56. The molecule has 118 valence electrons. The Bertz CT molecular complexity index is 659. The molecular formula is C18H25N3O. The molecule has 1 heterocycles. The van der Waals surface area contributed by atoms with Crippen LogP contribution in [-0.2, 0) is 13.0 Å². The summed E-state index contributed by atoms with van der Waals surface area (Å²) in [5, 5.41) is 7.67. The van der Waals surface area contributed by atoms with Crippen LogP contribution in [0.1, 0.15) is 43.6 Å². The number of benzene rings is 1. The Morgan fingerprint density at radius 3 is 2.55 bits per heavy atom. The molecule has 0 fully saturated rings. The maximum Gasteiger partial charge on any atom is 0.204 e. The molecule has 0 aliphatic carbocycles. The zero-order valence-electron chi connectivity index (χ0n) is 13.7. The first-order valence-corrected chi connectivity index (χ1v) is 8.05. The highest BCUT2D eigenvalue weighted by atomic mass is 16.1. The SMILES string of the molecule is CCCCc1ccc(-n2nc(CNCC)c(=O)cc2C)cc1. The van der Waals surface area contributed by atoms with E-state index in [0.29, 0.717) is 12.2 Å². The van der Waals surface area contributed by atoms with Gasteiger partial charge >= 0.3 is 0 Å². The molecule has 4 nitrogen and oxygen atoms in total. The molecule has 0 saturated heterocycles. The molecule has 0 aliphatic heterocycles. The number of rotatable bonds is 7. The third-order valence-corrected chi connectivity index (χ3v) is 3.72. The van der Waals surface area contributed by atoms with Crippen molar-refractivity contribution in [3.05, 3.63) is 57.5 Å². The summed E-state index contributed by atoms with van der Waals surface area (Å²) in [6, 6.07) is 10.1. The predicted octanol–water partition coefficient (Wildman–Crippen LogP) is 2.99. The number of hydrogen-bond acceptors (Lipinski definition) is 3. The van der Waals surface area contributed by atoms with Gasteiger partial charge in [0.2, 0.25) is 5.43 Å². The highest BCUT2D eigenvalue weighted by Gasteiger charge is 2.07. The van der Waals surface area contributed by atoms with Gasteiger partial charge in [0, 0.05) is 18.3 Å². The Morgan fingerprint density at radius 2 is 1.91 bits per heavy atom. The van der Waals surface area contributed by atoms with Crippen LogP contribution in [0.3, 0.4) is 0 Å². The van der Waals surface area contributed by atoms with Crippen molar-refractivity contribution in [1.29, 1.82) is 0 Å². The quantitative estimate of drug-likeness (QED) is 0.855. The fraction of sp³-hybridized carbons (Fsp3) is 0.444. The summed E-state index contributed by atoms with van der Waals surface area (Å²) in [7, 11) is 0. The maximum atomic E-state index is 12.0. The maximum absolute atomic E-state index is 12.0. The van der Waals surface area contributed by atoms with Crippen molar-refractivity contribution in [2.45, 2.75) is 46.6 Å². The molecule has 1 aromatic carbocycles. The van der Waals surface area contributed by atoms with Crippen LogP contribution in [-0.4, -0.2) is 16.3 Å². The van der Waals surface area contributed by atoms with Gasteiger partial charge in [-0.15, -0.1) is 0 Å². The first-order chi connectivity index (χ1) is 10.7. The molecule has 22 heavy (non-hydrogen) atoms. The van der Waals surface area contributed by atoms with E-state index in [1.54, 1.807) is 6.07 Å². The molecule has 2 aromatic rings. The fourth-order valence-electron chi connectivity index (χ4n) is 2.39. The number of aromatic nitrogens is 2. The van der Waals surface area contributed by atoms with Gasteiger partial charge in [0.05, 0.1) is 5.69 Å². The normalized spacial score (nSPS) is 10.9. The minimum atomic E-state index is -0.00531. The molecule has 0 radical (unpaired) electrons. The lowest BCUT2D eigenvalue weighted by Crippen LogP contribution is -2.24. The van der Waals surface area contributed by atoms with Gasteiger partial charge in [-0.3, -0.25) is 4.79 Å². The van der Waals surface area contributed by atoms with E-state index < -0.39 is 0 Å². The lowest BCUT2D eigenvalue weighted by molar-refractivity contribution is 0.665. The van der Waals surface area contributed by atoms with E-state index >= 15 is 0 Å². The molecule has 1 aromatic heterocycles. The lowest BCUT2D eigenvalue weighted by Gasteiger charge is -2.12. The van der Waals surface area contributed by atoms with Gasteiger partial charge in [0.25, 0.3) is 0 Å². The third kappa shape index (κ3) is 4.04. The standard InChI is InChI=1S/C18H25N3O/c1-4-6-7-15-8-10-16(11-9-15)21-14(3)12-18(22)17(20-21)13-19-5-2/h8-12,19H,4-7,13H2,1-3H3. The molecular weight excluding hydrogens is 274 g/mol. The predicted molar refractivity (Wildman–Crippen MR) is 90.6 cm³/mol. The van der Waals surface area contributed by atoms with Crippen LogP contribution in [0.15, 0.2) is 35.1 Å². The van der Waals surface area contributed by atoms with Crippen LogP contribution in [0.5, 0.6) is 0 Å². The van der Waals surface area contributed by atoms with Crippen molar-refractivity contribution in [2.75, 3.05) is 6.54 Å². The number of hydrogen-bond donors (Lipinski definition) is 1. The molecule has 4 heteroatoms. The molecule has 1 N–H and O–H groups in total. The highest BCUT2D eigenvalue weighted by molar-refractivity contribution is 5.35. The van der Waals surface area contributed by atoms with Crippen molar-refractivity contribution in [3.8, 4) is 5.69 Å². The number of aryl methyl sites for hydroxylation is 2. The summed E-state index contributed by atoms with van der Waals surface area (Å²) in [4.78, 5) is 12.0. The van der Waals surface area contributed by atoms with Crippen molar-refractivity contribution >= 4 is 0 Å². The average Bonchev–Trinajstić information content (AvgIpc) is 2.53. The van der Waals surface area contributed by atoms with Crippen LogP contribution >= 0.6 is 0 Å². The monoisotopic (exact) mass is 299 g/mol. The van der Waals surface area contributed by atoms with Gasteiger partial charge in [-0.2, -0.15) is 5.10 Å². The van der Waals surface area contributed by atoms with E-state index in [2.05, 4.69) is 41.6 Å². The number of nitrogens with zero attached hydrogens (tertiary/aromatic N) is 2. The van der Waals surface area contributed by atoms with Crippen molar-refractivity contribution in [3.63, 3.8) is 0 Å². The second kappa shape index (κ2) is 7.90. The van der Waals surface area contributed by atoms with Crippen molar-refractivity contribution in [1.82, 2.24) is 15.1 Å². The van der Waals surface area contributed by atoms with E-state index in [1.807, 2.05) is 18.5 Å². The third-order valence-electron chi connectivity index (χ3n) is 3.72. The zero-order chi connectivity index (χ0) is 15.9. The summed E-state index contributed by atoms with van der Waals surface area (Å²) >= 11 is 0. The topological polar surface area (TPSA) is 46.9 Å². The minimum absolute atomic E-state index is 0.00531. The van der Waals surface area contributed by atoms with Gasteiger partial charge in [-0.05, 0) is 44.0 Å². The van der Waals surface area contributed by atoms with Gasteiger partial charge in [-0.25, -0.2) is 4.68 Å². The summed E-state index contributed by atoms with van der Waals surface area (Å²) in [6.07, 6.45) is 3.52. The minimum Gasteiger partial charge on any atom is -0.311 e. The summed E-state index contributed by atoms with van der Waals surface area (Å²) in [6.45, 7) is 7.46. The zero-order valence-corrected chi connectivity index (χ0v) is 13.7. The Balaban J connectivity index is 2.29. The van der Waals surface area contributed by atoms with Crippen molar-refractivity contribution < 1.29 is 0 Å². The largest absolute Gasteiger partial charge is 0.311 e. The molecule has 0 unspecified atom stereocenters. The summed E-state index contributed by atoms with van der Waals surface area (Å²) < 4.78 is 1.84. The fourth-order valence-corrected chi connectivity index (χ4v) is 2.39. The van der Waals surface area contributed by atoms with E-state index in [1.165, 1.54) is 18.4 Å². The van der Waals surface area contributed by atoms with Gasteiger partial charge < -0.3 is 5.32 Å². The van der Waals surface area contributed by atoms with Crippen LogP contribution < -0.4 is 10.7 Å². The van der Waals surface area contributed by atoms with Crippen LogP contribution in [0.4, 0.5) is 0 Å².